The van der Waals surface area contributed by atoms with Crippen LogP contribution in [0.1, 0.15) is 39.4 Å². The number of nitrogen functional groups attached to an aromatic ring is 1. The van der Waals surface area contributed by atoms with E-state index in [1.165, 1.54) is 16.7 Å². The van der Waals surface area contributed by atoms with Crippen molar-refractivity contribution in [1.29, 1.82) is 0 Å². The van der Waals surface area contributed by atoms with Gasteiger partial charge in [0.05, 0.1) is 0 Å². The van der Waals surface area contributed by atoms with Gasteiger partial charge < -0.3 is 11.5 Å². The van der Waals surface area contributed by atoms with E-state index in [4.69, 9.17) is 11.5 Å². The molecule has 0 spiro atoms. The molecule has 0 fully saturated rings. The summed E-state index contributed by atoms with van der Waals surface area (Å²) in [5, 5.41) is 0. The molecule has 19 heavy (non-hydrogen) atoms. The maximum absolute atomic E-state index is 11.2. The molecule has 0 radical (unpaired) electrons. The number of hydrogen-bond donors (Lipinski definition) is 2. The second kappa shape index (κ2) is 4.43. The number of carbonyl (C=O) groups excluding carboxylic acids is 1. The van der Waals surface area contributed by atoms with Crippen LogP contribution in [0.2, 0.25) is 0 Å². The Morgan fingerprint density at radius 1 is 1.11 bits per heavy atom. The van der Waals surface area contributed by atoms with Crippen molar-refractivity contribution < 1.29 is 4.79 Å². The molecule has 0 saturated carbocycles. The highest BCUT2D eigenvalue weighted by molar-refractivity contribution is 5.93. The molecule has 0 heterocycles. The predicted octanol–water partition coefficient (Wildman–Crippen LogP) is 2.45. The van der Waals surface area contributed by atoms with Crippen LogP contribution >= 0.6 is 0 Å². The summed E-state index contributed by atoms with van der Waals surface area (Å²) < 4.78 is 0. The molecule has 0 aromatic heterocycles. The molecule has 0 aliphatic heterocycles. The molecule has 1 aliphatic carbocycles. The maximum Gasteiger partial charge on any atom is 0.248 e. The van der Waals surface area contributed by atoms with E-state index in [1.54, 1.807) is 6.07 Å². The van der Waals surface area contributed by atoms with Gasteiger partial charge in [-0.15, -0.1) is 0 Å². The molecule has 1 amide bonds. The number of primary amides is 1. The summed E-state index contributed by atoms with van der Waals surface area (Å²) in [7, 11) is 0. The lowest BCUT2D eigenvalue weighted by Gasteiger charge is -2.14. The largest absolute Gasteiger partial charge is 0.398 e. The Hall–Kier alpha value is -2.29. The fraction of sp³-hybridized carbons (Fsp3) is 0.188. The molecule has 0 bridgehead atoms. The van der Waals surface area contributed by atoms with Gasteiger partial charge in [0.15, 0.2) is 0 Å². The number of para-hydroxylation sites is 1. The zero-order chi connectivity index (χ0) is 13.4. The molecule has 1 aliphatic rings. The Bertz CT molecular complexity index is 649. The van der Waals surface area contributed by atoms with Crippen LogP contribution < -0.4 is 11.5 Å². The zero-order valence-corrected chi connectivity index (χ0v) is 10.6. The number of fused-ring (bicyclic) bond motifs is 1. The fourth-order valence-electron chi connectivity index (χ4n) is 2.92. The summed E-state index contributed by atoms with van der Waals surface area (Å²) in [6.45, 7) is 0. The van der Waals surface area contributed by atoms with Crippen molar-refractivity contribution in [2.24, 2.45) is 5.73 Å². The minimum absolute atomic E-state index is 0.332. The van der Waals surface area contributed by atoms with Crippen LogP contribution in [0.5, 0.6) is 0 Å². The lowest BCUT2D eigenvalue weighted by atomic mass is 9.91. The van der Waals surface area contributed by atoms with Crippen LogP contribution in [0.3, 0.4) is 0 Å². The van der Waals surface area contributed by atoms with Gasteiger partial charge >= 0.3 is 0 Å². The highest BCUT2D eigenvalue weighted by Gasteiger charge is 2.25. The van der Waals surface area contributed by atoms with E-state index in [0.717, 1.165) is 18.5 Å². The van der Waals surface area contributed by atoms with E-state index in [-0.39, 0.29) is 5.91 Å². The first kappa shape index (κ1) is 11.8. The number of amides is 1. The van der Waals surface area contributed by atoms with Gasteiger partial charge in [-0.3, -0.25) is 4.79 Å². The Kier molecular flexibility index (Phi) is 2.75. The third-order valence-corrected chi connectivity index (χ3v) is 3.88. The number of benzene rings is 2. The molecule has 3 nitrogen and oxygen atoms in total. The summed E-state index contributed by atoms with van der Waals surface area (Å²) in [6, 6.07) is 13.7. The van der Waals surface area contributed by atoms with Crippen molar-refractivity contribution in [3.63, 3.8) is 0 Å². The Balaban J connectivity index is 2.04. The Labute approximate surface area is 112 Å². The number of nitrogens with two attached hydrogens (primary N) is 2. The zero-order valence-electron chi connectivity index (χ0n) is 10.6. The first-order valence-corrected chi connectivity index (χ1v) is 6.44. The average Bonchev–Trinajstić information content (AvgIpc) is 2.82. The van der Waals surface area contributed by atoms with Crippen molar-refractivity contribution in [1.82, 2.24) is 0 Å². The summed E-state index contributed by atoms with van der Waals surface area (Å²) in [5.41, 5.74) is 16.5. The molecular formula is C16H16N2O. The topological polar surface area (TPSA) is 69.1 Å². The number of hydrogen-bond acceptors (Lipinski definition) is 2. The first-order valence-electron chi connectivity index (χ1n) is 6.44. The van der Waals surface area contributed by atoms with Crippen LogP contribution in [0.25, 0.3) is 0 Å². The molecule has 2 aromatic carbocycles. The van der Waals surface area contributed by atoms with Crippen molar-refractivity contribution in [2.45, 2.75) is 18.8 Å². The van der Waals surface area contributed by atoms with Gasteiger partial charge in [-0.05, 0) is 47.7 Å². The molecule has 3 rings (SSSR count). The van der Waals surface area contributed by atoms with Crippen molar-refractivity contribution in [2.75, 3.05) is 5.73 Å². The molecule has 96 valence electrons. The lowest BCUT2D eigenvalue weighted by Crippen LogP contribution is -2.11. The van der Waals surface area contributed by atoms with Gasteiger partial charge in [0.25, 0.3) is 0 Å². The Morgan fingerprint density at radius 2 is 1.89 bits per heavy atom. The molecule has 1 atom stereocenters. The molecular weight excluding hydrogens is 236 g/mol. The van der Waals surface area contributed by atoms with E-state index < -0.39 is 0 Å². The average molecular weight is 252 g/mol. The molecule has 3 heteroatoms. The van der Waals surface area contributed by atoms with Crippen LogP contribution in [-0.2, 0) is 6.42 Å². The molecule has 1 unspecified atom stereocenters. The first-order chi connectivity index (χ1) is 9.16. The second-order valence-corrected chi connectivity index (χ2v) is 5.00. The van der Waals surface area contributed by atoms with E-state index >= 15 is 0 Å². The maximum atomic E-state index is 11.2. The van der Waals surface area contributed by atoms with E-state index in [0.29, 0.717) is 11.5 Å². The monoisotopic (exact) mass is 252 g/mol. The van der Waals surface area contributed by atoms with Gasteiger partial charge in [0.2, 0.25) is 5.91 Å². The molecule has 4 N–H and O–H groups in total. The van der Waals surface area contributed by atoms with E-state index in [1.807, 2.05) is 30.3 Å². The smallest absolute Gasteiger partial charge is 0.248 e. The highest BCUT2D eigenvalue weighted by atomic mass is 16.1. The predicted molar refractivity (Wildman–Crippen MR) is 76.0 cm³/mol. The van der Waals surface area contributed by atoms with Gasteiger partial charge in [-0.1, -0.05) is 24.3 Å². The minimum Gasteiger partial charge on any atom is -0.398 e. The lowest BCUT2D eigenvalue weighted by molar-refractivity contribution is 0.1000. The van der Waals surface area contributed by atoms with Crippen molar-refractivity contribution >= 4 is 11.6 Å². The number of carbonyl (C=O) groups is 1. The molecule has 0 saturated heterocycles. The van der Waals surface area contributed by atoms with Crippen LogP contribution in [0.4, 0.5) is 5.69 Å². The SMILES string of the molecule is NC(=O)c1ccc2c(c1)CCC2c1ccccc1N. The van der Waals surface area contributed by atoms with Gasteiger partial charge in [-0.25, -0.2) is 0 Å². The summed E-state index contributed by atoms with van der Waals surface area (Å²) >= 11 is 0. The van der Waals surface area contributed by atoms with Gasteiger partial charge in [-0.2, -0.15) is 0 Å². The quantitative estimate of drug-likeness (QED) is 0.806. The summed E-state index contributed by atoms with van der Waals surface area (Å²) in [6.07, 6.45) is 2.00. The van der Waals surface area contributed by atoms with Crippen LogP contribution in [-0.4, -0.2) is 5.91 Å². The van der Waals surface area contributed by atoms with Crippen molar-refractivity contribution in [3.05, 3.63) is 64.7 Å². The van der Waals surface area contributed by atoms with Gasteiger partial charge in [0, 0.05) is 17.2 Å². The molecule has 2 aromatic rings. The summed E-state index contributed by atoms with van der Waals surface area (Å²) in [5.74, 6) is -0.0383. The standard InChI is InChI=1S/C16H16N2O/c17-15-4-2-1-3-14(15)13-8-5-10-9-11(16(18)19)6-7-12(10)13/h1-4,6-7,9,13H,5,8,17H2,(H2,18,19). The van der Waals surface area contributed by atoms with Crippen molar-refractivity contribution in [3.8, 4) is 0 Å². The van der Waals surface area contributed by atoms with Gasteiger partial charge in [0.1, 0.15) is 0 Å². The third-order valence-electron chi connectivity index (χ3n) is 3.88. The van der Waals surface area contributed by atoms with Crippen LogP contribution in [0, 0.1) is 0 Å². The van der Waals surface area contributed by atoms with E-state index in [2.05, 4.69) is 6.07 Å². The number of rotatable bonds is 2. The van der Waals surface area contributed by atoms with E-state index in [9.17, 15) is 4.79 Å². The second-order valence-electron chi connectivity index (χ2n) is 5.00. The fourth-order valence-corrected chi connectivity index (χ4v) is 2.92. The third kappa shape index (κ3) is 1.97. The highest BCUT2D eigenvalue weighted by Crippen LogP contribution is 2.40. The number of anilines is 1. The summed E-state index contributed by atoms with van der Waals surface area (Å²) in [4.78, 5) is 11.2. The Morgan fingerprint density at radius 3 is 2.63 bits per heavy atom. The number of aryl methyl sites for hydroxylation is 1. The van der Waals surface area contributed by atoms with Crippen LogP contribution in [0.15, 0.2) is 42.5 Å². The normalized spacial score (nSPS) is 17.2. The minimum atomic E-state index is -0.370.